The largest absolute Gasteiger partial charge is 0.412 e. The van der Waals surface area contributed by atoms with E-state index in [1.54, 1.807) is 17.7 Å². The van der Waals surface area contributed by atoms with Crippen LogP contribution in [-0.4, -0.2) is 15.4 Å². The monoisotopic (exact) mass is 230 g/mol. The summed E-state index contributed by atoms with van der Waals surface area (Å²) in [6.45, 7) is 0. The van der Waals surface area contributed by atoms with Gasteiger partial charge in [-0.1, -0.05) is 30.3 Å². The normalized spacial score (nSPS) is 10.0. The molecule has 3 rings (SSSR count). The molecule has 0 aliphatic carbocycles. The molecule has 0 bridgehead atoms. The van der Waals surface area contributed by atoms with E-state index in [0.29, 0.717) is 0 Å². The van der Waals surface area contributed by atoms with Crippen LogP contribution in [0.4, 0.5) is 0 Å². The average Bonchev–Trinajstić information content (AvgIpc) is 2.74. The SMILES string of the molecule is O.c1ccc(-c2scc3cncnc23)cc1. The van der Waals surface area contributed by atoms with Crippen LogP contribution < -0.4 is 0 Å². The summed E-state index contributed by atoms with van der Waals surface area (Å²) in [5, 5.41) is 3.21. The zero-order chi connectivity index (χ0) is 10.1. The highest BCUT2D eigenvalue weighted by Gasteiger charge is 2.06. The minimum atomic E-state index is 0. The van der Waals surface area contributed by atoms with E-state index in [2.05, 4.69) is 27.5 Å². The Bertz CT molecular complexity index is 592. The van der Waals surface area contributed by atoms with Gasteiger partial charge < -0.3 is 5.48 Å². The number of hydrogen-bond acceptors (Lipinski definition) is 3. The number of thiophene rings is 1. The zero-order valence-electron chi connectivity index (χ0n) is 8.42. The molecule has 3 nitrogen and oxygen atoms in total. The first-order valence-corrected chi connectivity index (χ1v) is 5.56. The fraction of sp³-hybridized carbons (Fsp3) is 0. The van der Waals surface area contributed by atoms with E-state index in [-0.39, 0.29) is 5.48 Å². The third-order valence-corrected chi connectivity index (χ3v) is 3.33. The Morgan fingerprint density at radius 2 is 1.88 bits per heavy atom. The van der Waals surface area contributed by atoms with E-state index in [0.717, 1.165) is 10.9 Å². The van der Waals surface area contributed by atoms with Gasteiger partial charge in [0.05, 0.1) is 10.4 Å². The summed E-state index contributed by atoms with van der Waals surface area (Å²) in [6.07, 6.45) is 3.45. The van der Waals surface area contributed by atoms with Crippen molar-refractivity contribution in [2.75, 3.05) is 0 Å². The molecule has 4 heteroatoms. The highest BCUT2D eigenvalue weighted by atomic mass is 32.1. The maximum Gasteiger partial charge on any atom is 0.116 e. The number of aromatic nitrogens is 2. The van der Waals surface area contributed by atoms with E-state index in [4.69, 9.17) is 0 Å². The Kier molecular flexibility index (Phi) is 2.94. The van der Waals surface area contributed by atoms with E-state index < -0.39 is 0 Å². The van der Waals surface area contributed by atoms with Crippen LogP contribution >= 0.6 is 11.3 Å². The number of benzene rings is 1. The van der Waals surface area contributed by atoms with Crippen LogP contribution in [0.5, 0.6) is 0 Å². The summed E-state index contributed by atoms with van der Waals surface area (Å²) >= 11 is 1.71. The lowest BCUT2D eigenvalue weighted by atomic mass is 10.1. The number of fused-ring (bicyclic) bond motifs is 1. The van der Waals surface area contributed by atoms with Gasteiger partial charge in [0.25, 0.3) is 0 Å². The van der Waals surface area contributed by atoms with Crippen LogP contribution in [-0.2, 0) is 0 Å². The number of rotatable bonds is 1. The molecule has 0 aliphatic heterocycles. The summed E-state index contributed by atoms with van der Waals surface area (Å²) in [5.41, 5.74) is 2.26. The highest BCUT2D eigenvalue weighted by molar-refractivity contribution is 7.15. The predicted molar refractivity (Wildman–Crippen MR) is 66.5 cm³/mol. The molecule has 0 saturated carbocycles. The lowest BCUT2D eigenvalue weighted by Gasteiger charge is -1.96. The lowest BCUT2D eigenvalue weighted by Crippen LogP contribution is -1.78. The van der Waals surface area contributed by atoms with Crippen LogP contribution in [0.1, 0.15) is 0 Å². The maximum atomic E-state index is 4.32. The first kappa shape index (κ1) is 10.7. The minimum Gasteiger partial charge on any atom is -0.412 e. The summed E-state index contributed by atoms with van der Waals surface area (Å²) in [4.78, 5) is 9.55. The van der Waals surface area contributed by atoms with Crippen LogP contribution in [0.3, 0.4) is 0 Å². The average molecular weight is 230 g/mol. The molecule has 0 spiro atoms. The van der Waals surface area contributed by atoms with Crippen molar-refractivity contribution in [2.24, 2.45) is 0 Å². The van der Waals surface area contributed by atoms with Crippen molar-refractivity contribution in [1.29, 1.82) is 0 Å². The predicted octanol–water partition coefficient (Wildman–Crippen LogP) is 2.53. The second-order valence-corrected chi connectivity index (χ2v) is 4.14. The molecule has 0 atom stereocenters. The third-order valence-electron chi connectivity index (χ3n) is 2.30. The molecule has 0 unspecified atom stereocenters. The third kappa shape index (κ3) is 1.68. The van der Waals surface area contributed by atoms with Gasteiger partial charge in [0.15, 0.2) is 0 Å². The molecule has 0 aliphatic rings. The molecule has 16 heavy (non-hydrogen) atoms. The van der Waals surface area contributed by atoms with Crippen molar-refractivity contribution in [1.82, 2.24) is 9.97 Å². The van der Waals surface area contributed by atoms with Crippen LogP contribution in [0.15, 0.2) is 48.2 Å². The van der Waals surface area contributed by atoms with Gasteiger partial charge in [-0.2, -0.15) is 0 Å². The van der Waals surface area contributed by atoms with Gasteiger partial charge in [0.2, 0.25) is 0 Å². The standard InChI is InChI=1S/C12H8N2S.H2O/c1-2-4-9(5-3-1)12-11-10(7-15-12)6-13-8-14-11;/h1-8H;1H2. The van der Waals surface area contributed by atoms with Crippen molar-refractivity contribution in [3.8, 4) is 10.4 Å². The smallest absolute Gasteiger partial charge is 0.116 e. The number of nitrogens with zero attached hydrogens (tertiary/aromatic N) is 2. The molecule has 3 aromatic rings. The Morgan fingerprint density at radius 3 is 2.69 bits per heavy atom. The van der Waals surface area contributed by atoms with Gasteiger partial charge in [-0.05, 0) is 5.56 Å². The molecule has 0 amide bonds. The molecule has 0 fully saturated rings. The van der Waals surface area contributed by atoms with Gasteiger partial charge in [0.1, 0.15) is 6.33 Å². The van der Waals surface area contributed by atoms with Gasteiger partial charge >= 0.3 is 0 Å². The first-order valence-electron chi connectivity index (χ1n) is 4.68. The summed E-state index contributed by atoms with van der Waals surface area (Å²) in [7, 11) is 0. The summed E-state index contributed by atoms with van der Waals surface area (Å²) in [6, 6.07) is 10.3. The summed E-state index contributed by atoms with van der Waals surface area (Å²) in [5.74, 6) is 0. The highest BCUT2D eigenvalue weighted by Crippen LogP contribution is 2.32. The van der Waals surface area contributed by atoms with Gasteiger partial charge in [-0.25, -0.2) is 9.97 Å². The molecular weight excluding hydrogens is 220 g/mol. The Hall–Kier alpha value is -1.78. The van der Waals surface area contributed by atoms with Crippen LogP contribution in [0, 0.1) is 0 Å². The topological polar surface area (TPSA) is 57.3 Å². The van der Waals surface area contributed by atoms with Crippen molar-refractivity contribution >= 4 is 22.2 Å². The molecule has 0 saturated heterocycles. The molecule has 0 radical (unpaired) electrons. The Balaban J connectivity index is 0.000000963. The van der Waals surface area contributed by atoms with Gasteiger partial charge in [-0.15, -0.1) is 11.3 Å². The zero-order valence-corrected chi connectivity index (χ0v) is 9.24. The molecular formula is C12H10N2OS. The van der Waals surface area contributed by atoms with E-state index >= 15 is 0 Å². The van der Waals surface area contributed by atoms with Gasteiger partial charge in [0, 0.05) is 17.0 Å². The maximum absolute atomic E-state index is 4.32. The fourth-order valence-corrected chi connectivity index (χ4v) is 2.56. The molecule has 1 aromatic carbocycles. The van der Waals surface area contributed by atoms with E-state index in [9.17, 15) is 0 Å². The van der Waals surface area contributed by atoms with Gasteiger partial charge in [-0.3, -0.25) is 0 Å². The van der Waals surface area contributed by atoms with Crippen molar-refractivity contribution in [2.45, 2.75) is 0 Å². The van der Waals surface area contributed by atoms with Crippen LogP contribution in [0.2, 0.25) is 0 Å². The van der Waals surface area contributed by atoms with Crippen molar-refractivity contribution < 1.29 is 5.48 Å². The van der Waals surface area contributed by atoms with Crippen molar-refractivity contribution in [3.63, 3.8) is 0 Å². The van der Waals surface area contributed by atoms with Crippen molar-refractivity contribution in [3.05, 3.63) is 48.2 Å². The molecule has 2 aromatic heterocycles. The molecule has 2 heterocycles. The van der Waals surface area contributed by atoms with E-state index in [1.165, 1.54) is 10.4 Å². The molecule has 2 N–H and O–H groups in total. The first-order chi connectivity index (χ1) is 7.45. The Morgan fingerprint density at radius 1 is 1.06 bits per heavy atom. The van der Waals surface area contributed by atoms with E-state index in [1.807, 2.05) is 24.4 Å². The second kappa shape index (κ2) is 4.38. The quantitative estimate of drug-likeness (QED) is 0.645. The molecule has 80 valence electrons. The fourth-order valence-electron chi connectivity index (χ4n) is 1.59. The number of hydrogen-bond donors (Lipinski definition) is 0. The summed E-state index contributed by atoms with van der Waals surface area (Å²) < 4.78 is 0. The Labute approximate surface area is 96.7 Å². The minimum absolute atomic E-state index is 0. The lowest BCUT2D eigenvalue weighted by molar-refractivity contribution is 0.824. The van der Waals surface area contributed by atoms with Crippen LogP contribution in [0.25, 0.3) is 21.3 Å². The second-order valence-electron chi connectivity index (χ2n) is 3.26.